The SMILES string of the molecule is c1cnc2n[n-]cc2c1. The molecule has 3 heteroatoms. The smallest absolute Gasteiger partial charge is 0.138 e. The van der Waals surface area contributed by atoms with E-state index in [-0.39, 0.29) is 0 Å². The molecule has 9 heavy (non-hydrogen) atoms. The summed E-state index contributed by atoms with van der Waals surface area (Å²) in [5.41, 5.74) is 0.720. The van der Waals surface area contributed by atoms with E-state index < -0.39 is 0 Å². The molecular weight excluding hydrogens is 114 g/mol. The van der Waals surface area contributed by atoms with Crippen LogP contribution in [0.4, 0.5) is 0 Å². The first-order chi connectivity index (χ1) is 4.47. The standard InChI is InChI=1S/C6H4N3/c1-2-5-4-8-9-6(5)7-3-1/h1-4H/q-1. The number of hydrogen-bond donors (Lipinski definition) is 0. The number of hydrogen-bond acceptors (Lipinski definition) is 2. The predicted molar refractivity (Wildman–Crippen MR) is 32.9 cm³/mol. The van der Waals surface area contributed by atoms with Crippen LogP contribution in [-0.4, -0.2) is 10.1 Å². The Bertz CT molecular complexity index is 282. The molecule has 0 spiro atoms. The summed E-state index contributed by atoms with van der Waals surface area (Å²) in [6.07, 6.45) is 3.40. The first-order valence-electron chi connectivity index (χ1n) is 2.66. The van der Waals surface area contributed by atoms with E-state index in [4.69, 9.17) is 0 Å². The molecule has 0 fully saturated rings. The predicted octanol–water partition coefficient (Wildman–Crippen LogP) is 0.587. The van der Waals surface area contributed by atoms with Crippen LogP contribution in [0.15, 0.2) is 24.5 Å². The molecular formula is C6H4N3-. The van der Waals surface area contributed by atoms with Crippen molar-refractivity contribution in [2.45, 2.75) is 0 Å². The second kappa shape index (κ2) is 1.55. The van der Waals surface area contributed by atoms with Gasteiger partial charge in [-0.15, -0.1) is 0 Å². The Labute approximate surface area is 51.7 Å². The summed E-state index contributed by atoms with van der Waals surface area (Å²) in [6, 6.07) is 3.80. The molecule has 0 aliphatic carbocycles. The van der Waals surface area contributed by atoms with Gasteiger partial charge >= 0.3 is 0 Å². The van der Waals surface area contributed by atoms with Crippen molar-refractivity contribution in [2.75, 3.05) is 0 Å². The van der Waals surface area contributed by atoms with Crippen molar-refractivity contribution in [3.8, 4) is 0 Å². The number of nitrogens with zero attached hydrogens (tertiary/aromatic N) is 3. The van der Waals surface area contributed by atoms with Crippen LogP contribution in [0.1, 0.15) is 0 Å². The molecule has 2 heterocycles. The molecule has 44 valence electrons. The maximum Gasteiger partial charge on any atom is 0.138 e. The molecule has 3 nitrogen and oxygen atoms in total. The molecule has 0 aromatic carbocycles. The fraction of sp³-hybridized carbons (Fsp3) is 0. The molecule has 0 aliphatic heterocycles. The average Bonchev–Trinajstić information content (AvgIpc) is 2.33. The Morgan fingerprint density at radius 2 is 2.44 bits per heavy atom. The highest BCUT2D eigenvalue weighted by atomic mass is 15.1. The van der Waals surface area contributed by atoms with Crippen LogP contribution < -0.4 is 5.10 Å². The Morgan fingerprint density at radius 3 is 3.33 bits per heavy atom. The van der Waals surface area contributed by atoms with Crippen molar-refractivity contribution < 1.29 is 0 Å². The molecule has 0 radical (unpaired) electrons. The van der Waals surface area contributed by atoms with Crippen LogP contribution in [0.25, 0.3) is 11.0 Å². The zero-order chi connectivity index (χ0) is 6.10. The second-order valence-electron chi connectivity index (χ2n) is 1.76. The number of fused-ring (bicyclic) bond motifs is 1. The normalized spacial score (nSPS) is 10.2. The molecule has 0 aliphatic rings. The first kappa shape index (κ1) is 4.49. The van der Waals surface area contributed by atoms with Gasteiger partial charge in [0.2, 0.25) is 0 Å². The first-order valence-corrected chi connectivity index (χ1v) is 2.66. The molecule has 0 unspecified atom stereocenters. The third-order valence-electron chi connectivity index (χ3n) is 1.17. The van der Waals surface area contributed by atoms with Crippen molar-refractivity contribution in [1.29, 1.82) is 0 Å². The number of pyridine rings is 1. The minimum atomic E-state index is 0.720. The van der Waals surface area contributed by atoms with E-state index in [2.05, 4.69) is 15.2 Å². The molecule has 2 aromatic heterocycles. The van der Waals surface area contributed by atoms with E-state index in [1.165, 1.54) is 0 Å². The van der Waals surface area contributed by atoms with Gasteiger partial charge in [-0.1, -0.05) is 6.07 Å². The van der Waals surface area contributed by atoms with Gasteiger partial charge in [0.25, 0.3) is 0 Å². The van der Waals surface area contributed by atoms with Crippen LogP contribution in [0.2, 0.25) is 0 Å². The highest BCUT2D eigenvalue weighted by molar-refractivity contribution is 5.72. The molecule has 0 N–H and O–H groups in total. The summed E-state index contributed by atoms with van der Waals surface area (Å²) < 4.78 is 0. The number of rotatable bonds is 0. The Hall–Kier alpha value is -1.38. The van der Waals surface area contributed by atoms with Crippen LogP contribution in [0.5, 0.6) is 0 Å². The summed E-state index contributed by atoms with van der Waals surface area (Å²) in [5.74, 6) is 0. The molecule has 0 saturated heterocycles. The summed E-state index contributed by atoms with van der Waals surface area (Å²) in [7, 11) is 0. The van der Waals surface area contributed by atoms with Gasteiger partial charge in [0.05, 0.1) is 0 Å². The van der Waals surface area contributed by atoms with E-state index in [1.807, 2.05) is 12.1 Å². The van der Waals surface area contributed by atoms with Gasteiger partial charge in [-0.3, -0.25) is 0 Å². The molecule has 0 amide bonds. The van der Waals surface area contributed by atoms with Gasteiger partial charge in [0.1, 0.15) is 5.65 Å². The van der Waals surface area contributed by atoms with E-state index in [1.54, 1.807) is 12.4 Å². The second-order valence-corrected chi connectivity index (χ2v) is 1.76. The number of aromatic nitrogens is 3. The Kier molecular flexibility index (Phi) is 0.773. The van der Waals surface area contributed by atoms with Gasteiger partial charge in [-0.25, -0.2) is 4.98 Å². The summed E-state index contributed by atoms with van der Waals surface area (Å²) in [5, 5.41) is 8.44. The highest BCUT2D eigenvalue weighted by Gasteiger charge is 1.83. The molecule has 0 bridgehead atoms. The lowest BCUT2D eigenvalue weighted by atomic mass is 10.4. The monoisotopic (exact) mass is 118 g/mol. The Balaban J connectivity index is 2.95. The maximum absolute atomic E-state index is 3.97. The Morgan fingerprint density at radius 1 is 1.44 bits per heavy atom. The van der Waals surface area contributed by atoms with Crippen molar-refractivity contribution in [3.63, 3.8) is 0 Å². The zero-order valence-corrected chi connectivity index (χ0v) is 4.65. The molecule has 2 aromatic rings. The average molecular weight is 118 g/mol. The fourth-order valence-corrected chi connectivity index (χ4v) is 0.739. The van der Waals surface area contributed by atoms with E-state index >= 15 is 0 Å². The van der Waals surface area contributed by atoms with Gasteiger partial charge < -0.3 is 10.2 Å². The van der Waals surface area contributed by atoms with Crippen molar-refractivity contribution in [2.24, 2.45) is 0 Å². The van der Waals surface area contributed by atoms with E-state index in [0.717, 1.165) is 11.0 Å². The topological polar surface area (TPSA) is 39.9 Å². The maximum atomic E-state index is 3.97. The third kappa shape index (κ3) is 0.579. The molecule has 2 rings (SSSR count). The minimum Gasteiger partial charge on any atom is -0.579 e. The van der Waals surface area contributed by atoms with E-state index in [9.17, 15) is 0 Å². The van der Waals surface area contributed by atoms with Crippen LogP contribution in [0.3, 0.4) is 0 Å². The van der Waals surface area contributed by atoms with Crippen molar-refractivity contribution >= 4 is 11.0 Å². The third-order valence-corrected chi connectivity index (χ3v) is 1.17. The largest absolute Gasteiger partial charge is 0.579 e. The van der Waals surface area contributed by atoms with Crippen LogP contribution >= 0.6 is 0 Å². The highest BCUT2D eigenvalue weighted by Crippen LogP contribution is 2.02. The quantitative estimate of drug-likeness (QED) is 0.508. The lowest BCUT2D eigenvalue weighted by Gasteiger charge is -1.83. The van der Waals surface area contributed by atoms with Crippen LogP contribution in [0, 0.1) is 0 Å². The summed E-state index contributed by atoms with van der Waals surface area (Å²) in [4.78, 5) is 3.97. The van der Waals surface area contributed by atoms with Gasteiger partial charge in [0, 0.05) is 6.20 Å². The lowest BCUT2D eigenvalue weighted by molar-refractivity contribution is 1.07. The lowest BCUT2D eigenvalue weighted by Crippen LogP contribution is -1.72. The fourth-order valence-electron chi connectivity index (χ4n) is 0.739. The molecule has 0 atom stereocenters. The van der Waals surface area contributed by atoms with Gasteiger partial charge in [0.15, 0.2) is 0 Å². The van der Waals surface area contributed by atoms with E-state index in [0.29, 0.717) is 0 Å². The van der Waals surface area contributed by atoms with Crippen molar-refractivity contribution in [3.05, 3.63) is 24.5 Å². The summed E-state index contributed by atoms with van der Waals surface area (Å²) in [6.45, 7) is 0. The van der Waals surface area contributed by atoms with Crippen molar-refractivity contribution in [1.82, 2.24) is 15.2 Å². The molecule has 0 saturated carbocycles. The van der Waals surface area contributed by atoms with Crippen LogP contribution in [-0.2, 0) is 0 Å². The minimum absolute atomic E-state index is 0.720. The zero-order valence-electron chi connectivity index (χ0n) is 4.65. The summed E-state index contributed by atoms with van der Waals surface area (Å²) >= 11 is 0. The van der Waals surface area contributed by atoms with Gasteiger partial charge in [-0.05, 0) is 11.5 Å². The van der Waals surface area contributed by atoms with Gasteiger partial charge in [-0.2, -0.15) is 6.20 Å².